The zero-order chi connectivity index (χ0) is 14.1. The van der Waals surface area contributed by atoms with Gasteiger partial charge in [-0.2, -0.15) is 0 Å². The molecule has 1 atom stereocenters. The summed E-state index contributed by atoms with van der Waals surface area (Å²) >= 11 is 6.85. The molecule has 1 aromatic carbocycles. The van der Waals surface area contributed by atoms with Gasteiger partial charge in [0, 0.05) is 28.2 Å². The average Bonchev–Trinajstić information content (AvgIpc) is 2.87. The smallest absolute Gasteiger partial charge is 0.148 e. The molecule has 3 rings (SSSR count). The summed E-state index contributed by atoms with van der Waals surface area (Å²) in [5, 5.41) is 1.05. The highest BCUT2D eigenvalue weighted by Gasteiger charge is 2.14. The normalized spacial score (nSPS) is 12.8. The third-order valence-electron chi connectivity index (χ3n) is 3.10. The SMILES string of the molecule is NC(Cc1ccc(Br)cn1)c1cc2cccc(Br)c2o1. The maximum atomic E-state index is 6.22. The Labute approximate surface area is 133 Å². The Morgan fingerprint density at radius 1 is 1.20 bits per heavy atom. The van der Waals surface area contributed by atoms with Crippen LogP contribution in [0.3, 0.4) is 0 Å². The summed E-state index contributed by atoms with van der Waals surface area (Å²) in [4.78, 5) is 4.34. The number of hydrogen-bond acceptors (Lipinski definition) is 3. The third kappa shape index (κ3) is 2.80. The molecule has 3 nitrogen and oxygen atoms in total. The Balaban J connectivity index is 1.86. The molecule has 2 heterocycles. The molecule has 2 aromatic heterocycles. The van der Waals surface area contributed by atoms with Crippen LogP contribution in [0.1, 0.15) is 17.5 Å². The second-order valence-corrected chi connectivity index (χ2v) is 6.36. The standard InChI is InChI=1S/C15H12Br2N2O/c16-10-4-5-11(19-8-10)7-13(18)14-6-9-2-1-3-12(17)15(9)20-14/h1-6,8,13H,7,18H2. The molecule has 5 heteroatoms. The molecule has 0 spiro atoms. The van der Waals surface area contributed by atoms with Crippen molar-refractivity contribution in [3.8, 4) is 0 Å². The van der Waals surface area contributed by atoms with E-state index in [9.17, 15) is 0 Å². The summed E-state index contributed by atoms with van der Waals surface area (Å²) in [6.45, 7) is 0. The van der Waals surface area contributed by atoms with Crippen molar-refractivity contribution in [2.75, 3.05) is 0 Å². The second kappa shape index (κ2) is 5.68. The summed E-state index contributed by atoms with van der Waals surface area (Å²) in [6.07, 6.45) is 2.42. The average molecular weight is 396 g/mol. The first kappa shape index (κ1) is 13.8. The molecule has 0 aliphatic carbocycles. The van der Waals surface area contributed by atoms with Crippen molar-refractivity contribution in [3.63, 3.8) is 0 Å². The first-order chi connectivity index (χ1) is 9.63. The summed E-state index contributed by atoms with van der Waals surface area (Å²) in [7, 11) is 0. The number of hydrogen-bond donors (Lipinski definition) is 1. The van der Waals surface area contributed by atoms with Gasteiger partial charge in [-0.15, -0.1) is 0 Å². The van der Waals surface area contributed by atoms with Gasteiger partial charge in [-0.1, -0.05) is 12.1 Å². The second-order valence-electron chi connectivity index (χ2n) is 4.59. The van der Waals surface area contributed by atoms with Crippen molar-refractivity contribution in [1.29, 1.82) is 0 Å². The zero-order valence-electron chi connectivity index (χ0n) is 10.5. The largest absolute Gasteiger partial charge is 0.458 e. The first-order valence-electron chi connectivity index (χ1n) is 6.17. The maximum absolute atomic E-state index is 6.22. The van der Waals surface area contributed by atoms with E-state index in [4.69, 9.17) is 10.2 Å². The van der Waals surface area contributed by atoms with E-state index >= 15 is 0 Å². The van der Waals surface area contributed by atoms with E-state index in [1.165, 1.54) is 0 Å². The molecule has 0 saturated carbocycles. The number of nitrogens with two attached hydrogens (primary N) is 1. The minimum absolute atomic E-state index is 0.206. The van der Waals surface area contributed by atoms with Gasteiger partial charge in [0.1, 0.15) is 11.3 Å². The number of aromatic nitrogens is 1. The van der Waals surface area contributed by atoms with Gasteiger partial charge in [0.25, 0.3) is 0 Å². The zero-order valence-corrected chi connectivity index (χ0v) is 13.7. The van der Waals surface area contributed by atoms with Crippen LogP contribution in [0.4, 0.5) is 0 Å². The molecule has 2 N–H and O–H groups in total. The molecule has 0 fully saturated rings. The minimum atomic E-state index is -0.206. The molecule has 102 valence electrons. The molecule has 0 aliphatic rings. The lowest BCUT2D eigenvalue weighted by Gasteiger charge is -2.07. The van der Waals surface area contributed by atoms with Crippen LogP contribution in [-0.2, 0) is 6.42 Å². The first-order valence-corrected chi connectivity index (χ1v) is 7.76. The van der Waals surface area contributed by atoms with Gasteiger partial charge in [-0.05, 0) is 56.1 Å². The molecule has 0 amide bonds. The van der Waals surface area contributed by atoms with Gasteiger partial charge in [0.15, 0.2) is 0 Å². The number of benzene rings is 1. The molecular weight excluding hydrogens is 384 g/mol. The Morgan fingerprint density at radius 3 is 2.75 bits per heavy atom. The molecular formula is C15H12Br2N2O. The van der Waals surface area contributed by atoms with Crippen LogP contribution in [0.5, 0.6) is 0 Å². The Bertz CT molecular complexity index is 737. The van der Waals surface area contributed by atoms with Crippen molar-refractivity contribution >= 4 is 42.8 Å². The number of fused-ring (bicyclic) bond motifs is 1. The summed E-state index contributed by atoms with van der Waals surface area (Å²) in [5.41, 5.74) is 8.00. The lowest BCUT2D eigenvalue weighted by molar-refractivity contribution is 0.491. The van der Waals surface area contributed by atoms with Crippen LogP contribution >= 0.6 is 31.9 Å². The van der Waals surface area contributed by atoms with Crippen LogP contribution in [0.15, 0.2) is 56.0 Å². The minimum Gasteiger partial charge on any atom is -0.458 e. The van der Waals surface area contributed by atoms with Crippen molar-refractivity contribution in [1.82, 2.24) is 4.98 Å². The number of para-hydroxylation sites is 1. The van der Waals surface area contributed by atoms with Gasteiger partial charge in [-0.3, -0.25) is 4.98 Å². The Kier molecular flexibility index (Phi) is 3.92. The maximum Gasteiger partial charge on any atom is 0.148 e. The van der Waals surface area contributed by atoms with Crippen molar-refractivity contribution < 1.29 is 4.42 Å². The van der Waals surface area contributed by atoms with E-state index in [0.717, 1.165) is 31.4 Å². The molecule has 0 aliphatic heterocycles. The van der Waals surface area contributed by atoms with E-state index in [1.54, 1.807) is 6.20 Å². The highest BCUT2D eigenvalue weighted by atomic mass is 79.9. The molecule has 0 radical (unpaired) electrons. The molecule has 1 unspecified atom stereocenters. The van der Waals surface area contributed by atoms with Gasteiger partial charge in [0.05, 0.1) is 10.5 Å². The van der Waals surface area contributed by atoms with Crippen LogP contribution in [0, 0.1) is 0 Å². The van der Waals surface area contributed by atoms with Crippen molar-refractivity contribution in [3.05, 3.63) is 63.0 Å². The highest BCUT2D eigenvalue weighted by molar-refractivity contribution is 9.11. The fourth-order valence-corrected chi connectivity index (χ4v) is 2.78. The van der Waals surface area contributed by atoms with Crippen molar-refractivity contribution in [2.45, 2.75) is 12.5 Å². The fourth-order valence-electron chi connectivity index (χ4n) is 2.08. The quantitative estimate of drug-likeness (QED) is 0.705. The summed E-state index contributed by atoms with van der Waals surface area (Å²) in [5.74, 6) is 0.775. The molecule has 20 heavy (non-hydrogen) atoms. The van der Waals surface area contributed by atoms with E-state index in [1.807, 2.05) is 36.4 Å². The highest BCUT2D eigenvalue weighted by Crippen LogP contribution is 2.29. The van der Waals surface area contributed by atoms with Gasteiger partial charge >= 0.3 is 0 Å². The van der Waals surface area contributed by atoms with E-state index in [-0.39, 0.29) is 6.04 Å². The predicted octanol–water partition coefficient (Wildman–Crippen LogP) is 4.60. The number of rotatable bonds is 3. The number of nitrogens with zero attached hydrogens (tertiary/aromatic N) is 1. The predicted molar refractivity (Wildman–Crippen MR) is 86.5 cm³/mol. The monoisotopic (exact) mass is 394 g/mol. The van der Waals surface area contributed by atoms with E-state index in [0.29, 0.717) is 6.42 Å². The third-order valence-corrected chi connectivity index (χ3v) is 4.19. The van der Waals surface area contributed by atoms with Gasteiger partial charge in [0.2, 0.25) is 0 Å². The lowest BCUT2D eigenvalue weighted by atomic mass is 10.1. The number of pyridine rings is 1. The van der Waals surface area contributed by atoms with Crippen LogP contribution in [0.2, 0.25) is 0 Å². The Hall–Kier alpha value is -1.17. The summed E-state index contributed by atoms with van der Waals surface area (Å²) in [6, 6.07) is 11.7. The number of halogens is 2. The number of furan rings is 1. The summed E-state index contributed by atoms with van der Waals surface area (Å²) < 4.78 is 7.75. The van der Waals surface area contributed by atoms with Crippen molar-refractivity contribution in [2.24, 2.45) is 5.73 Å². The van der Waals surface area contributed by atoms with Crippen LogP contribution in [-0.4, -0.2) is 4.98 Å². The van der Waals surface area contributed by atoms with Gasteiger partial charge < -0.3 is 10.2 Å². The molecule has 0 bridgehead atoms. The van der Waals surface area contributed by atoms with Crippen LogP contribution < -0.4 is 5.73 Å². The van der Waals surface area contributed by atoms with Gasteiger partial charge in [-0.25, -0.2) is 0 Å². The molecule has 0 saturated heterocycles. The topological polar surface area (TPSA) is 52.0 Å². The van der Waals surface area contributed by atoms with Crippen LogP contribution in [0.25, 0.3) is 11.0 Å². The fraction of sp³-hybridized carbons (Fsp3) is 0.133. The Morgan fingerprint density at radius 2 is 2.05 bits per heavy atom. The molecule has 3 aromatic rings. The lowest BCUT2D eigenvalue weighted by Crippen LogP contribution is -2.13. The van der Waals surface area contributed by atoms with E-state index in [2.05, 4.69) is 36.8 Å². The van der Waals surface area contributed by atoms with E-state index < -0.39 is 0 Å².